The Morgan fingerprint density at radius 1 is 0.744 bits per heavy atom. The van der Waals surface area contributed by atoms with Crippen molar-refractivity contribution in [1.29, 1.82) is 5.53 Å². The van der Waals surface area contributed by atoms with Gasteiger partial charge in [0.05, 0.1) is 17.1 Å². The molecule has 4 aromatic rings. The molecule has 1 atom stereocenters. The number of nitrogens with two attached hydrogens (primary N) is 1. The number of hydrogen-bond donors (Lipinski definition) is 6. The summed E-state index contributed by atoms with van der Waals surface area (Å²) in [6.45, 7) is 1.99. The lowest BCUT2D eigenvalue weighted by atomic mass is 10.0. The van der Waals surface area contributed by atoms with Crippen LogP contribution in [0.4, 0.5) is 5.82 Å². The third-order valence-electron chi connectivity index (χ3n) is 8.44. The van der Waals surface area contributed by atoms with Crippen LogP contribution in [0, 0.1) is 172 Å². The first-order valence-electron chi connectivity index (χ1n) is 21.8. The Balaban J connectivity index is -0.000000108. The number of anilines is 1. The van der Waals surface area contributed by atoms with Gasteiger partial charge in [0, 0.05) is 127 Å². The van der Waals surface area contributed by atoms with Crippen LogP contribution in [0.3, 0.4) is 0 Å². The molecule has 3 aromatic carbocycles. The number of aryl methyl sites for hydroxylation is 1. The molecule has 0 aliphatic rings. The second-order valence-electron chi connectivity index (χ2n) is 13.7. The molecule has 0 aliphatic carbocycles. The summed E-state index contributed by atoms with van der Waals surface area (Å²) < 4.78 is 32.0. The van der Waals surface area contributed by atoms with Crippen LogP contribution >= 0.6 is 12.9 Å². The van der Waals surface area contributed by atoms with Crippen molar-refractivity contribution < 1.29 is 56.1 Å². The highest BCUT2D eigenvalue weighted by atomic mass is 32.2. The normalized spacial score (nSPS) is 8.85. The molecule has 406 valence electrons. The maximum atomic E-state index is 13.1. The Labute approximate surface area is 478 Å². The van der Waals surface area contributed by atoms with Crippen molar-refractivity contribution in [1.82, 2.24) is 20.4 Å². The van der Waals surface area contributed by atoms with Crippen molar-refractivity contribution in [2.45, 2.75) is 50.9 Å². The van der Waals surface area contributed by atoms with Crippen LogP contribution in [-0.4, -0.2) is 41.7 Å². The van der Waals surface area contributed by atoms with Crippen molar-refractivity contribution >= 4 is 51.2 Å². The first-order valence-corrected chi connectivity index (χ1v) is 23.8. The minimum atomic E-state index is -3.77. The number of nitrogen functional groups attached to an aromatic ring is 1. The van der Waals surface area contributed by atoms with Crippen molar-refractivity contribution in [3.63, 3.8) is 0 Å². The number of pyridine rings is 1. The van der Waals surface area contributed by atoms with E-state index < -0.39 is 16.1 Å². The molecule has 4 rings (SSSR count). The minimum absolute atomic E-state index is 0. The number of carbonyl (C=O) groups excluding carboxylic acids is 2. The molecule has 0 radical (unpaired) electrons. The zero-order chi connectivity index (χ0) is 56.6. The van der Waals surface area contributed by atoms with E-state index in [1.807, 2.05) is 60.7 Å². The molecule has 0 unspecified atom stereocenters. The van der Waals surface area contributed by atoms with Crippen molar-refractivity contribution in [2.75, 3.05) is 5.73 Å². The van der Waals surface area contributed by atoms with Crippen LogP contribution in [0.1, 0.15) is 61.4 Å². The predicted octanol–water partition coefficient (Wildman–Crippen LogP) is 8.50. The highest BCUT2D eigenvalue weighted by Crippen LogP contribution is 2.20. The topological polar surface area (TPSA) is 243 Å². The number of amides is 1. The van der Waals surface area contributed by atoms with Crippen molar-refractivity contribution in [2.24, 2.45) is 15.7 Å². The lowest BCUT2D eigenvalue weighted by molar-refractivity contribution is -0.572. The number of thiol groups is 1. The van der Waals surface area contributed by atoms with E-state index in [9.17, 15) is 18.0 Å². The summed E-state index contributed by atoms with van der Waals surface area (Å²) >= 11 is 3.10. The van der Waals surface area contributed by atoms with Crippen LogP contribution in [-0.2, 0) is 52.6 Å². The van der Waals surface area contributed by atoms with Gasteiger partial charge in [0.1, 0.15) is 5.82 Å². The van der Waals surface area contributed by atoms with E-state index >= 15 is 0 Å². The molecule has 0 aliphatic heterocycles. The van der Waals surface area contributed by atoms with Crippen LogP contribution in [0.5, 0.6) is 0 Å². The Hall–Kier alpha value is -11.1. The Kier molecular flexibility index (Phi) is 33.5. The number of nitrogens with one attached hydrogen (secondary N) is 3. The summed E-state index contributed by atoms with van der Waals surface area (Å²) in [7, 11) is -3.77. The summed E-state index contributed by atoms with van der Waals surface area (Å²) in [5, 5.41) is 20.3. The molecule has 0 fully saturated rings. The third-order valence-corrected chi connectivity index (χ3v) is 9.87. The quantitative estimate of drug-likeness (QED) is 0.0138. The maximum Gasteiger partial charge on any atom is 0.220 e. The molecule has 19 heteroatoms. The van der Waals surface area contributed by atoms with Gasteiger partial charge in [0.15, 0.2) is 5.78 Å². The van der Waals surface area contributed by atoms with E-state index in [4.69, 9.17) is 22.9 Å². The van der Waals surface area contributed by atoms with Gasteiger partial charge in [-0.15, -0.1) is 10.8 Å². The van der Waals surface area contributed by atoms with Crippen LogP contribution < -0.4 is 15.8 Å². The largest absolute Gasteiger partial charge is 0.383 e. The molecule has 6 N–H and O–H groups in total. The number of nitrogens with zero attached hydrogens (tertiary/aromatic N) is 5. The van der Waals surface area contributed by atoms with Gasteiger partial charge < -0.3 is 11.1 Å². The van der Waals surface area contributed by atoms with Gasteiger partial charge in [-0.25, -0.2) is 23.4 Å². The van der Waals surface area contributed by atoms with Gasteiger partial charge in [-0.2, -0.15) is 5.53 Å². The average Bonchev–Trinajstić information content (AvgIpc) is 2.32. The summed E-state index contributed by atoms with van der Waals surface area (Å²) in [5.41, 5.74) is 14.5. The zero-order valence-corrected chi connectivity index (χ0v) is 42.7. The van der Waals surface area contributed by atoms with Crippen LogP contribution in [0.15, 0.2) is 107 Å². The molecule has 1 aromatic heterocycles. The van der Waals surface area contributed by atoms with E-state index in [1.54, 1.807) is 37.4 Å². The molecule has 0 spiro atoms. The van der Waals surface area contributed by atoms with E-state index in [0.717, 1.165) is 21.9 Å². The fourth-order valence-electron chi connectivity index (χ4n) is 5.30. The van der Waals surface area contributed by atoms with Gasteiger partial charge >= 0.3 is 0 Å². The van der Waals surface area contributed by atoms with Crippen LogP contribution in [0.2, 0.25) is 0 Å². The minimum Gasteiger partial charge on any atom is -0.383 e. The maximum absolute atomic E-state index is 13.1. The summed E-state index contributed by atoms with van der Waals surface area (Å²) in [5.74, 6) is 66.5. The number of carbonyl (C=O) groups is 2. The molecule has 1 heterocycles. The van der Waals surface area contributed by atoms with Gasteiger partial charge in [0.2, 0.25) is 15.9 Å². The predicted molar refractivity (Wildman–Crippen MR) is 323 cm³/mol. The SMILES string of the molecule is C#CC#CC#CC#CC#CC#CC#CC#CC#CC#CC#CC#CC#CC#CC.N=N/N=N/N(OO)OOS.Nc1nccc2cc(CNC(=O)CCC(=O)[C@@H](CCc3ccccc3)NS(=O)(=O)Cc3ccccc3)ccc12.[HH].[HH].[HH].[HH].[HH].[HH].[HH].[HH].[HH].[HH].[HH].[HH].[HH]. The third kappa shape index (κ3) is 31.4. The highest BCUT2D eigenvalue weighted by Gasteiger charge is 2.25. The molecular weight excluding hydrogens is 1030 g/mol. The van der Waals surface area contributed by atoms with Gasteiger partial charge in [-0.3, -0.25) is 9.59 Å². The van der Waals surface area contributed by atoms with Crippen LogP contribution in [0.25, 0.3) is 10.8 Å². The summed E-state index contributed by atoms with van der Waals surface area (Å²) in [6.07, 6.45) is 7.27. The first-order chi connectivity index (χ1) is 38.0. The lowest BCUT2D eigenvalue weighted by Crippen LogP contribution is -2.42. The highest BCUT2D eigenvalue weighted by molar-refractivity contribution is 7.88. The van der Waals surface area contributed by atoms with Gasteiger partial charge in [0.25, 0.3) is 0 Å². The Bertz CT molecular complexity index is 3880. The van der Waals surface area contributed by atoms with E-state index in [0.29, 0.717) is 30.8 Å². The number of hydrogen-bond acceptors (Lipinski definition) is 13. The van der Waals surface area contributed by atoms with Crippen molar-refractivity contribution in [3.8, 4) is 166 Å². The fourth-order valence-corrected chi connectivity index (χ4v) is 6.75. The molecule has 78 heavy (non-hydrogen) atoms. The number of Topliss-reactive ketones (excluding diaryl/α,β-unsaturated/α-hetero) is 1. The zero-order valence-electron chi connectivity index (χ0n) is 41.0. The summed E-state index contributed by atoms with van der Waals surface area (Å²) in [4.78, 5) is 36.9. The first kappa shape index (κ1) is 63.1. The monoisotopic (exact) mass is 1090 g/mol. The second-order valence-corrected chi connectivity index (χ2v) is 15.6. The Morgan fingerprint density at radius 3 is 1.72 bits per heavy atom. The number of fused-ring (bicyclic) bond motifs is 1. The molecular formula is C59H65N9O8S2. The number of rotatable bonds is 18. The number of benzene rings is 3. The van der Waals surface area contributed by atoms with Gasteiger partial charge in [-0.05, 0) is 164 Å². The standard InChI is InChI=1S/C30H32N4O4S.C29H4.H3N5O4S.13H2/c31-30-26-13-11-24(19-25(26)17-18-32-30)20-33-29(36)16-15-28(35)27(14-12-22-7-3-1-4-8-22)34-39(37,38)21-23-9-5-2-6-10-23;1-3-5-7-9-11-13-15-17-19-21-23-25-27-29-28-26-24-22-20-18-16-14-12-10-8-6-4-2;1-2-3-4-5(7-6)8-9-10;;;;;;;;;;;;;/h1-11,13,17-19,27,34H,12,14-16,20-21H2,(H2,31,32)(H,33,36);1H,2H3;1,6,10H;13*1H/b;;2-1?,4-3+;;;;;;;;;;;;;/t27-;;;;;;;;;;;;;;;/m1.............../s1. The Morgan fingerprint density at radius 2 is 1.24 bits per heavy atom. The number of ketones is 1. The molecule has 0 saturated carbocycles. The number of aromatic nitrogens is 1. The molecule has 1 amide bonds. The van der Waals surface area contributed by atoms with Gasteiger partial charge in [-0.1, -0.05) is 83.7 Å². The number of sulfonamides is 1. The van der Waals surface area contributed by atoms with E-state index in [-0.39, 0.29) is 54.2 Å². The smallest absolute Gasteiger partial charge is 0.220 e. The van der Waals surface area contributed by atoms with E-state index in [1.165, 1.54) is 0 Å². The molecule has 0 saturated heterocycles. The second kappa shape index (κ2) is 41.4. The number of terminal acetylenes is 1. The van der Waals surface area contributed by atoms with Crippen molar-refractivity contribution in [3.05, 3.63) is 108 Å². The summed E-state index contributed by atoms with van der Waals surface area (Å²) in [6, 6.07) is 25.0. The lowest BCUT2D eigenvalue weighted by Gasteiger charge is -2.18. The molecule has 0 bridgehead atoms. The average molecular weight is 1090 g/mol. The fraction of sp³-hybridized carbons (Fsp3) is 0.136. The molecule has 17 nitrogen and oxygen atoms in total. The van der Waals surface area contributed by atoms with E-state index in [2.05, 4.69) is 218 Å².